The summed E-state index contributed by atoms with van der Waals surface area (Å²) in [7, 11) is 0. The van der Waals surface area contributed by atoms with Crippen LogP contribution in [0.4, 0.5) is 0 Å². The molecule has 0 saturated heterocycles. The predicted octanol–water partition coefficient (Wildman–Crippen LogP) is 26.0. The number of hydrogen-bond donors (Lipinski definition) is 3. The minimum absolute atomic E-state index is 0.0217. The van der Waals surface area contributed by atoms with E-state index in [9.17, 15) is 19.8 Å². The van der Waals surface area contributed by atoms with E-state index in [0.717, 1.165) is 38.5 Å². The van der Waals surface area contributed by atoms with Crippen molar-refractivity contribution in [3.05, 3.63) is 24.3 Å². The molecule has 2 unspecified atom stereocenters. The largest absolute Gasteiger partial charge is 0.466 e. The van der Waals surface area contributed by atoms with Gasteiger partial charge in [0.05, 0.1) is 25.4 Å². The van der Waals surface area contributed by atoms with E-state index < -0.39 is 12.1 Å². The van der Waals surface area contributed by atoms with E-state index in [1.165, 1.54) is 385 Å². The molecule has 0 aromatic carbocycles. The molecule has 510 valence electrons. The van der Waals surface area contributed by atoms with Crippen LogP contribution in [0, 0.1) is 0 Å². The number of carbonyl (C=O) groups excluding carboxylic acids is 2. The number of allylic oxidation sites excluding steroid dienone is 3. The zero-order valence-corrected chi connectivity index (χ0v) is 58.6. The normalized spacial score (nSPS) is 12.6. The molecule has 0 radical (unpaired) electrons. The molecule has 0 aliphatic rings. The highest BCUT2D eigenvalue weighted by Gasteiger charge is 2.18. The fraction of sp³-hybridized carbons (Fsp3) is 0.925. The van der Waals surface area contributed by atoms with Crippen molar-refractivity contribution in [3.8, 4) is 0 Å². The van der Waals surface area contributed by atoms with Gasteiger partial charge < -0.3 is 20.3 Å². The second-order valence-corrected chi connectivity index (χ2v) is 27.4. The standard InChI is InChI=1S/C80H155NO5/c1-3-5-7-9-11-13-15-16-17-18-19-37-40-43-46-49-53-56-60-64-68-72-78(83)77(76-82)81-79(84)73-69-65-61-57-54-50-47-44-41-38-35-33-31-29-27-25-23-21-20-22-24-26-28-30-32-34-36-39-42-45-48-51-55-59-63-67-71-75-86-80(85)74-70-66-62-58-52-14-12-10-8-6-4-2/h20,22,68,72,77-78,82-83H,3-19,21,23-67,69-71,73-76H2,1-2H3,(H,81,84)/b22-20-,72-68+. The summed E-state index contributed by atoms with van der Waals surface area (Å²) in [6.45, 7) is 4.95. The van der Waals surface area contributed by atoms with Gasteiger partial charge in [-0.05, 0) is 57.8 Å². The molecule has 0 spiro atoms. The molecule has 86 heavy (non-hydrogen) atoms. The lowest BCUT2D eigenvalue weighted by Crippen LogP contribution is -2.45. The Labute approximate surface area is 539 Å². The van der Waals surface area contributed by atoms with Gasteiger partial charge in [-0.2, -0.15) is 0 Å². The molecule has 0 bridgehead atoms. The van der Waals surface area contributed by atoms with Gasteiger partial charge in [0, 0.05) is 12.8 Å². The number of unbranched alkanes of at least 4 members (excludes halogenated alkanes) is 62. The Bertz CT molecular complexity index is 1350. The van der Waals surface area contributed by atoms with Gasteiger partial charge in [-0.25, -0.2) is 0 Å². The summed E-state index contributed by atoms with van der Waals surface area (Å²) >= 11 is 0. The zero-order valence-electron chi connectivity index (χ0n) is 58.6. The highest BCUT2D eigenvalue weighted by Crippen LogP contribution is 2.20. The number of hydrogen-bond acceptors (Lipinski definition) is 5. The van der Waals surface area contributed by atoms with Gasteiger partial charge in [-0.15, -0.1) is 0 Å². The summed E-state index contributed by atoms with van der Waals surface area (Å²) in [4.78, 5) is 24.6. The first-order valence-electron chi connectivity index (χ1n) is 39.6. The molecular weight excluding hydrogens is 1050 g/mol. The maximum absolute atomic E-state index is 12.5. The fourth-order valence-corrected chi connectivity index (χ4v) is 12.7. The van der Waals surface area contributed by atoms with Crippen LogP contribution in [0.1, 0.15) is 450 Å². The Morgan fingerprint density at radius 1 is 0.314 bits per heavy atom. The van der Waals surface area contributed by atoms with E-state index in [-0.39, 0.29) is 18.5 Å². The summed E-state index contributed by atoms with van der Waals surface area (Å²) in [6, 6.07) is -0.625. The average molecular weight is 1210 g/mol. The third-order valence-corrected chi connectivity index (χ3v) is 18.7. The van der Waals surface area contributed by atoms with Crippen LogP contribution in [-0.4, -0.2) is 47.4 Å². The van der Waals surface area contributed by atoms with Crippen molar-refractivity contribution >= 4 is 11.9 Å². The molecule has 0 aromatic rings. The van der Waals surface area contributed by atoms with Gasteiger partial charge in [-0.1, -0.05) is 404 Å². The Balaban J connectivity index is 3.35. The van der Waals surface area contributed by atoms with Gasteiger partial charge in [0.2, 0.25) is 5.91 Å². The van der Waals surface area contributed by atoms with Crippen molar-refractivity contribution in [2.24, 2.45) is 0 Å². The number of nitrogens with one attached hydrogen (secondary N) is 1. The summed E-state index contributed by atoms with van der Waals surface area (Å²) in [6.07, 6.45) is 97.4. The Hall–Kier alpha value is -1.66. The van der Waals surface area contributed by atoms with Crippen LogP contribution in [0.2, 0.25) is 0 Å². The van der Waals surface area contributed by atoms with E-state index in [0.29, 0.717) is 19.4 Å². The summed E-state index contributed by atoms with van der Waals surface area (Å²) in [5, 5.41) is 23.3. The first-order chi connectivity index (χ1) is 42.5. The lowest BCUT2D eigenvalue weighted by Gasteiger charge is -2.20. The second kappa shape index (κ2) is 75.8. The third kappa shape index (κ3) is 71.4. The molecule has 0 aliphatic carbocycles. The SMILES string of the molecule is CCCCCCCCCCCCCCCCCCCCC/C=C/C(O)C(CO)NC(=O)CCCCCCCCCCCCCCCCCCC/C=C\CCCCCCCCCCCCCCCCCCOC(=O)CCCCCCCCCCCCC. The summed E-state index contributed by atoms with van der Waals surface area (Å²) < 4.78 is 5.48. The zero-order chi connectivity index (χ0) is 62.0. The third-order valence-electron chi connectivity index (χ3n) is 18.7. The van der Waals surface area contributed by atoms with Gasteiger partial charge in [0.15, 0.2) is 0 Å². The van der Waals surface area contributed by atoms with Crippen LogP contribution in [0.25, 0.3) is 0 Å². The number of esters is 1. The number of rotatable bonds is 75. The van der Waals surface area contributed by atoms with Crippen LogP contribution in [-0.2, 0) is 14.3 Å². The lowest BCUT2D eigenvalue weighted by molar-refractivity contribution is -0.143. The van der Waals surface area contributed by atoms with Crippen molar-refractivity contribution < 1.29 is 24.5 Å². The number of amides is 1. The molecule has 0 fully saturated rings. The van der Waals surface area contributed by atoms with Crippen molar-refractivity contribution in [1.29, 1.82) is 0 Å². The summed E-state index contributed by atoms with van der Waals surface area (Å²) in [5.41, 5.74) is 0. The Morgan fingerprint density at radius 2 is 0.547 bits per heavy atom. The molecule has 0 aliphatic heterocycles. The number of ether oxygens (including phenoxy) is 1. The smallest absolute Gasteiger partial charge is 0.305 e. The van der Waals surface area contributed by atoms with Crippen LogP contribution < -0.4 is 5.32 Å². The van der Waals surface area contributed by atoms with E-state index in [2.05, 4.69) is 31.3 Å². The maximum Gasteiger partial charge on any atom is 0.305 e. The molecule has 1 amide bonds. The topological polar surface area (TPSA) is 95.9 Å². The van der Waals surface area contributed by atoms with E-state index in [4.69, 9.17) is 4.74 Å². The van der Waals surface area contributed by atoms with Gasteiger partial charge in [0.25, 0.3) is 0 Å². The lowest BCUT2D eigenvalue weighted by atomic mass is 10.0. The van der Waals surface area contributed by atoms with Crippen LogP contribution in [0.5, 0.6) is 0 Å². The van der Waals surface area contributed by atoms with Crippen molar-refractivity contribution in [2.75, 3.05) is 13.2 Å². The van der Waals surface area contributed by atoms with Crippen molar-refractivity contribution in [1.82, 2.24) is 5.32 Å². The second-order valence-electron chi connectivity index (χ2n) is 27.4. The molecule has 0 saturated carbocycles. The van der Waals surface area contributed by atoms with Gasteiger partial charge in [0.1, 0.15) is 0 Å². The summed E-state index contributed by atoms with van der Waals surface area (Å²) in [5.74, 6) is -0.0374. The van der Waals surface area contributed by atoms with Crippen LogP contribution >= 0.6 is 0 Å². The van der Waals surface area contributed by atoms with Crippen LogP contribution in [0.15, 0.2) is 24.3 Å². The molecule has 0 rings (SSSR count). The Morgan fingerprint density at radius 3 is 0.826 bits per heavy atom. The minimum atomic E-state index is -0.842. The molecule has 6 heteroatoms. The van der Waals surface area contributed by atoms with E-state index in [1.54, 1.807) is 6.08 Å². The quantitative estimate of drug-likeness (QED) is 0.0320. The maximum atomic E-state index is 12.5. The molecule has 6 nitrogen and oxygen atoms in total. The Kier molecular flexibility index (Phi) is 74.3. The van der Waals surface area contributed by atoms with Crippen LogP contribution in [0.3, 0.4) is 0 Å². The number of carbonyl (C=O) groups is 2. The van der Waals surface area contributed by atoms with Gasteiger partial charge >= 0.3 is 5.97 Å². The number of aliphatic hydroxyl groups is 2. The van der Waals surface area contributed by atoms with Crippen molar-refractivity contribution in [3.63, 3.8) is 0 Å². The molecule has 2 atom stereocenters. The fourth-order valence-electron chi connectivity index (χ4n) is 12.7. The number of aliphatic hydroxyl groups excluding tert-OH is 2. The molecule has 3 N–H and O–H groups in total. The van der Waals surface area contributed by atoms with Gasteiger partial charge in [-0.3, -0.25) is 9.59 Å². The molecule has 0 aromatic heterocycles. The first-order valence-corrected chi connectivity index (χ1v) is 39.6. The van der Waals surface area contributed by atoms with Crippen molar-refractivity contribution in [2.45, 2.75) is 463 Å². The predicted molar refractivity (Wildman–Crippen MR) is 380 cm³/mol. The average Bonchev–Trinajstić information content (AvgIpc) is 3.58. The van der Waals surface area contributed by atoms with E-state index >= 15 is 0 Å². The molecule has 0 heterocycles. The highest BCUT2D eigenvalue weighted by molar-refractivity contribution is 5.76. The van der Waals surface area contributed by atoms with E-state index in [1.807, 2.05) is 6.08 Å². The minimum Gasteiger partial charge on any atom is -0.466 e. The first kappa shape index (κ1) is 84.3. The monoisotopic (exact) mass is 1210 g/mol. The molecular formula is C80H155NO5. The highest BCUT2D eigenvalue weighted by atomic mass is 16.5.